The van der Waals surface area contributed by atoms with Crippen molar-refractivity contribution in [2.75, 3.05) is 0 Å². The van der Waals surface area contributed by atoms with Crippen molar-refractivity contribution in [3.63, 3.8) is 0 Å². The lowest BCUT2D eigenvalue weighted by Crippen LogP contribution is -2.20. The van der Waals surface area contributed by atoms with Crippen LogP contribution in [0.2, 0.25) is 0 Å². The predicted octanol–water partition coefficient (Wildman–Crippen LogP) is 3.21. The fourth-order valence-electron chi connectivity index (χ4n) is 2.38. The molecule has 0 bridgehead atoms. The fraction of sp³-hybridized carbons (Fsp3) is 0.125. The molecule has 0 aliphatic carbocycles. The molecule has 0 heterocycles. The molecular formula is C16H8F6O9S2. The first-order valence-electron chi connectivity index (χ1n) is 7.87. The first-order chi connectivity index (χ1) is 14.7. The second-order valence-electron chi connectivity index (χ2n) is 6.04. The van der Waals surface area contributed by atoms with E-state index in [1.807, 2.05) is 0 Å². The maximum absolute atomic E-state index is 12.9. The summed E-state index contributed by atoms with van der Waals surface area (Å²) in [5.41, 5.74) is -6.35. The van der Waals surface area contributed by atoms with Gasteiger partial charge in [-0.2, -0.15) is 43.2 Å². The SMILES string of the molecule is O=C(OC(=O)c1cc(C(F)(F)F)ccc1S(=O)(=O)O)c1cc(C(F)(F)F)ccc1S(=O)(=O)O. The molecule has 0 fully saturated rings. The van der Waals surface area contributed by atoms with Crippen LogP contribution in [-0.2, 0) is 37.3 Å². The summed E-state index contributed by atoms with van der Waals surface area (Å²) in [7, 11) is -10.7. The standard InChI is InChI=1S/C16H8F6O9S2/c17-15(18,19)7-1-3-11(32(25,26)27)9(5-7)13(23)31-14(24)10-6-8(16(20,21)22)2-4-12(10)33(28,29)30/h1-6H,(H,25,26,27)(H,28,29,30). The Morgan fingerprint density at radius 2 is 0.970 bits per heavy atom. The number of halogens is 6. The summed E-state index contributed by atoms with van der Waals surface area (Å²) < 4.78 is 145. The average Bonchev–Trinajstić information content (AvgIpc) is 2.64. The van der Waals surface area contributed by atoms with Gasteiger partial charge in [-0.15, -0.1) is 0 Å². The quantitative estimate of drug-likeness (QED) is 0.267. The summed E-state index contributed by atoms with van der Waals surface area (Å²) in [5, 5.41) is 0. The van der Waals surface area contributed by atoms with Gasteiger partial charge >= 0.3 is 24.3 Å². The van der Waals surface area contributed by atoms with E-state index in [9.17, 15) is 52.8 Å². The van der Waals surface area contributed by atoms with Crippen LogP contribution < -0.4 is 0 Å². The topological polar surface area (TPSA) is 152 Å². The third-order valence-electron chi connectivity index (χ3n) is 3.79. The van der Waals surface area contributed by atoms with Crippen LogP contribution in [0.5, 0.6) is 0 Å². The Kier molecular flexibility index (Phi) is 6.68. The van der Waals surface area contributed by atoms with Gasteiger partial charge in [0.2, 0.25) is 0 Å². The second kappa shape index (κ2) is 8.40. The van der Waals surface area contributed by atoms with Crippen LogP contribution in [0.4, 0.5) is 26.3 Å². The summed E-state index contributed by atoms with van der Waals surface area (Å²) in [5.74, 6) is -4.39. The lowest BCUT2D eigenvalue weighted by atomic mass is 10.1. The van der Waals surface area contributed by atoms with Crippen LogP contribution in [0, 0.1) is 0 Å². The van der Waals surface area contributed by atoms with Crippen LogP contribution in [0.3, 0.4) is 0 Å². The Labute approximate surface area is 180 Å². The van der Waals surface area contributed by atoms with Gasteiger partial charge in [0, 0.05) is 0 Å². The van der Waals surface area contributed by atoms with Crippen molar-refractivity contribution >= 4 is 32.2 Å². The first kappa shape index (κ1) is 26.2. The van der Waals surface area contributed by atoms with Gasteiger partial charge in [-0.3, -0.25) is 9.11 Å². The van der Waals surface area contributed by atoms with Gasteiger partial charge < -0.3 is 4.74 Å². The number of esters is 2. The van der Waals surface area contributed by atoms with Gasteiger partial charge in [0.15, 0.2) is 0 Å². The largest absolute Gasteiger partial charge is 0.416 e. The van der Waals surface area contributed by atoms with E-state index in [0.29, 0.717) is 0 Å². The number of benzene rings is 2. The highest BCUT2D eigenvalue weighted by molar-refractivity contribution is 7.86. The summed E-state index contributed by atoms with van der Waals surface area (Å²) >= 11 is 0. The van der Waals surface area contributed by atoms with E-state index in [-0.39, 0.29) is 36.4 Å². The maximum atomic E-state index is 12.9. The maximum Gasteiger partial charge on any atom is 0.416 e. The van der Waals surface area contributed by atoms with E-state index < -0.39 is 76.6 Å². The molecule has 2 rings (SSSR count). The van der Waals surface area contributed by atoms with E-state index in [1.165, 1.54) is 0 Å². The highest BCUT2D eigenvalue weighted by Crippen LogP contribution is 2.33. The average molecular weight is 522 g/mol. The van der Waals surface area contributed by atoms with Gasteiger partial charge in [0.1, 0.15) is 9.79 Å². The Hall–Kier alpha value is -3.02. The normalized spacial score (nSPS) is 13.0. The first-order valence-corrected chi connectivity index (χ1v) is 10.7. The van der Waals surface area contributed by atoms with Gasteiger partial charge in [-0.25, -0.2) is 9.59 Å². The van der Waals surface area contributed by atoms with E-state index in [1.54, 1.807) is 0 Å². The van der Waals surface area contributed by atoms with Crippen molar-refractivity contribution in [3.8, 4) is 0 Å². The Morgan fingerprint density at radius 1 is 0.667 bits per heavy atom. The van der Waals surface area contributed by atoms with E-state index in [0.717, 1.165) is 0 Å². The monoisotopic (exact) mass is 522 g/mol. The minimum absolute atomic E-state index is 0.130. The molecule has 0 amide bonds. The van der Waals surface area contributed by atoms with Gasteiger partial charge in [-0.05, 0) is 36.4 Å². The molecular weight excluding hydrogens is 514 g/mol. The van der Waals surface area contributed by atoms with Gasteiger partial charge in [0.05, 0.1) is 22.3 Å². The summed E-state index contributed by atoms with van der Waals surface area (Å²) in [6.45, 7) is 0. The molecule has 0 aliphatic heterocycles. The molecule has 0 aromatic heterocycles. The molecule has 17 heteroatoms. The molecule has 0 aliphatic rings. The molecule has 0 radical (unpaired) electrons. The van der Waals surface area contributed by atoms with E-state index >= 15 is 0 Å². The highest BCUT2D eigenvalue weighted by Gasteiger charge is 2.36. The Bertz CT molecular complexity index is 1240. The molecule has 2 aromatic carbocycles. The number of hydrogen-bond acceptors (Lipinski definition) is 7. The molecule has 0 saturated carbocycles. The van der Waals surface area contributed by atoms with Crippen LogP contribution in [0.15, 0.2) is 46.2 Å². The van der Waals surface area contributed by atoms with Crippen molar-refractivity contribution in [1.82, 2.24) is 0 Å². The zero-order valence-electron chi connectivity index (χ0n) is 15.3. The zero-order valence-corrected chi connectivity index (χ0v) is 16.9. The molecule has 9 nitrogen and oxygen atoms in total. The summed E-state index contributed by atoms with van der Waals surface area (Å²) in [4.78, 5) is 21.5. The molecule has 2 aromatic rings. The number of ether oxygens (including phenoxy) is 1. The highest BCUT2D eigenvalue weighted by atomic mass is 32.2. The number of carbonyl (C=O) groups is 2. The number of carbonyl (C=O) groups excluding carboxylic acids is 2. The molecule has 0 unspecified atom stereocenters. The minimum Gasteiger partial charge on any atom is -0.386 e. The lowest BCUT2D eigenvalue weighted by molar-refractivity contribution is -0.138. The molecule has 180 valence electrons. The third kappa shape index (κ3) is 6.06. The Balaban J connectivity index is 2.62. The van der Waals surface area contributed by atoms with Gasteiger partial charge in [-0.1, -0.05) is 0 Å². The lowest BCUT2D eigenvalue weighted by Gasteiger charge is -2.13. The minimum atomic E-state index is -5.36. The number of rotatable bonds is 4. The van der Waals surface area contributed by atoms with Crippen molar-refractivity contribution in [2.24, 2.45) is 0 Å². The van der Waals surface area contributed by atoms with E-state index in [2.05, 4.69) is 4.74 Å². The molecule has 33 heavy (non-hydrogen) atoms. The molecule has 2 N–H and O–H groups in total. The predicted molar refractivity (Wildman–Crippen MR) is 92.3 cm³/mol. The van der Waals surface area contributed by atoms with Crippen molar-refractivity contribution in [3.05, 3.63) is 58.7 Å². The molecule has 0 atom stereocenters. The van der Waals surface area contributed by atoms with Crippen molar-refractivity contribution in [2.45, 2.75) is 22.1 Å². The van der Waals surface area contributed by atoms with Crippen molar-refractivity contribution in [1.29, 1.82) is 0 Å². The van der Waals surface area contributed by atoms with Gasteiger partial charge in [0.25, 0.3) is 20.2 Å². The van der Waals surface area contributed by atoms with Crippen LogP contribution in [0.25, 0.3) is 0 Å². The van der Waals surface area contributed by atoms with E-state index in [4.69, 9.17) is 9.11 Å². The second-order valence-corrected chi connectivity index (χ2v) is 8.82. The molecule has 0 spiro atoms. The smallest absolute Gasteiger partial charge is 0.386 e. The summed E-state index contributed by atoms with van der Waals surface area (Å²) in [6, 6.07) is 0.346. The summed E-state index contributed by atoms with van der Waals surface area (Å²) in [6.07, 6.45) is -10.3. The van der Waals surface area contributed by atoms with Crippen LogP contribution in [0.1, 0.15) is 31.8 Å². The fourth-order valence-corrected chi connectivity index (χ4v) is 3.70. The third-order valence-corrected chi connectivity index (χ3v) is 5.62. The Morgan fingerprint density at radius 3 is 1.21 bits per heavy atom. The van der Waals surface area contributed by atoms with Crippen LogP contribution >= 0.6 is 0 Å². The number of hydrogen-bond donors (Lipinski definition) is 2. The zero-order chi connectivity index (χ0) is 25.6. The molecule has 0 saturated heterocycles. The number of alkyl halides is 6. The van der Waals surface area contributed by atoms with Crippen LogP contribution in [-0.4, -0.2) is 37.9 Å². The van der Waals surface area contributed by atoms with Crippen molar-refractivity contribution < 1.29 is 66.6 Å².